The fraction of sp³-hybridized carbons (Fsp3) is 0.385. The summed E-state index contributed by atoms with van der Waals surface area (Å²) in [6.45, 7) is 3.90. The summed E-state index contributed by atoms with van der Waals surface area (Å²) in [5.74, 6) is -1.30. The van der Waals surface area contributed by atoms with E-state index in [1.54, 1.807) is 0 Å². The van der Waals surface area contributed by atoms with Crippen LogP contribution in [0.25, 0.3) is 0 Å². The molecule has 0 aliphatic heterocycles. The largest absolute Gasteiger partial charge is 0.480 e. The van der Waals surface area contributed by atoms with E-state index in [2.05, 4.69) is 10.6 Å². The first kappa shape index (κ1) is 14.0. The fourth-order valence-electron chi connectivity index (χ4n) is 1.46. The Bertz CT molecular complexity index is 432. The highest BCUT2D eigenvalue weighted by molar-refractivity contribution is 5.83. The molecule has 3 N–H and O–H groups in total. The molecular weight excluding hydrogens is 232 g/mol. The summed E-state index contributed by atoms with van der Waals surface area (Å²) in [6.07, 6.45) is 0.242. The zero-order valence-corrected chi connectivity index (χ0v) is 10.6. The molecule has 1 amide bonds. The number of para-hydroxylation sites is 1. The average Bonchev–Trinajstić information content (AvgIpc) is 2.31. The molecule has 18 heavy (non-hydrogen) atoms. The molecule has 1 aromatic rings. The minimum atomic E-state index is -1.03. The number of carboxylic acid groups (broad SMARTS) is 1. The van der Waals surface area contributed by atoms with Gasteiger partial charge in [-0.3, -0.25) is 9.59 Å². The number of carboxylic acids is 1. The summed E-state index contributed by atoms with van der Waals surface area (Å²) in [5, 5.41) is 14.2. The molecule has 1 atom stereocenters. The van der Waals surface area contributed by atoms with Crippen molar-refractivity contribution in [1.29, 1.82) is 0 Å². The van der Waals surface area contributed by atoms with Crippen molar-refractivity contribution >= 4 is 17.6 Å². The maximum Gasteiger partial charge on any atom is 0.325 e. The molecule has 0 saturated carbocycles. The van der Waals surface area contributed by atoms with Gasteiger partial charge >= 0.3 is 5.97 Å². The quantitative estimate of drug-likeness (QED) is 0.713. The van der Waals surface area contributed by atoms with Crippen LogP contribution in [0.15, 0.2) is 24.3 Å². The van der Waals surface area contributed by atoms with Gasteiger partial charge in [-0.05, 0) is 25.5 Å². The highest BCUT2D eigenvalue weighted by atomic mass is 16.4. The first-order valence-corrected chi connectivity index (χ1v) is 5.82. The summed E-state index contributed by atoms with van der Waals surface area (Å²) in [4.78, 5) is 22.0. The van der Waals surface area contributed by atoms with Crippen LogP contribution < -0.4 is 10.6 Å². The molecule has 98 valence electrons. The second kappa shape index (κ2) is 6.64. The van der Waals surface area contributed by atoms with Crippen molar-refractivity contribution in [3.05, 3.63) is 29.8 Å². The molecule has 0 radical (unpaired) electrons. The molecule has 0 saturated heterocycles. The number of anilines is 1. The van der Waals surface area contributed by atoms with Crippen molar-refractivity contribution in [1.82, 2.24) is 5.32 Å². The molecule has 0 aromatic heterocycles. The standard InChI is InChI=1S/C13H18N2O3/c1-9-5-3-4-6-11(9)14-8-7-12(16)15-10(2)13(17)18/h3-6,10,14H,7-8H2,1-2H3,(H,15,16)(H,17,18). The second-order valence-electron chi connectivity index (χ2n) is 4.12. The Labute approximate surface area is 106 Å². The number of aryl methyl sites for hydroxylation is 1. The predicted molar refractivity (Wildman–Crippen MR) is 69.5 cm³/mol. The highest BCUT2D eigenvalue weighted by Crippen LogP contribution is 2.12. The lowest BCUT2D eigenvalue weighted by molar-refractivity contribution is -0.141. The van der Waals surface area contributed by atoms with E-state index in [4.69, 9.17) is 5.11 Å². The van der Waals surface area contributed by atoms with Gasteiger partial charge in [0.05, 0.1) is 0 Å². The monoisotopic (exact) mass is 250 g/mol. The third-order valence-corrected chi connectivity index (χ3v) is 2.56. The van der Waals surface area contributed by atoms with E-state index < -0.39 is 12.0 Å². The Hall–Kier alpha value is -2.04. The van der Waals surface area contributed by atoms with Crippen molar-refractivity contribution in [3.63, 3.8) is 0 Å². The molecule has 0 bridgehead atoms. The Morgan fingerprint density at radius 2 is 2.00 bits per heavy atom. The Morgan fingerprint density at radius 1 is 1.33 bits per heavy atom. The van der Waals surface area contributed by atoms with E-state index in [1.807, 2.05) is 31.2 Å². The van der Waals surface area contributed by atoms with Gasteiger partial charge in [-0.15, -0.1) is 0 Å². The summed E-state index contributed by atoms with van der Waals surface area (Å²) in [7, 11) is 0. The topological polar surface area (TPSA) is 78.4 Å². The predicted octanol–water partition coefficient (Wildman–Crippen LogP) is 1.39. The van der Waals surface area contributed by atoms with E-state index in [-0.39, 0.29) is 12.3 Å². The molecule has 1 unspecified atom stereocenters. The summed E-state index contributed by atoms with van der Waals surface area (Å²) in [6, 6.07) is 6.93. The zero-order valence-electron chi connectivity index (χ0n) is 10.6. The molecule has 0 fully saturated rings. The molecule has 5 nitrogen and oxygen atoms in total. The minimum absolute atomic E-state index is 0.242. The molecule has 5 heteroatoms. The maximum absolute atomic E-state index is 11.4. The van der Waals surface area contributed by atoms with Crippen LogP contribution in [0.2, 0.25) is 0 Å². The summed E-state index contributed by atoms with van der Waals surface area (Å²) < 4.78 is 0. The molecule has 1 rings (SSSR count). The maximum atomic E-state index is 11.4. The molecule has 0 aliphatic rings. The number of benzene rings is 1. The first-order valence-electron chi connectivity index (χ1n) is 5.82. The van der Waals surface area contributed by atoms with Crippen molar-refractivity contribution in [3.8, 4) is 0 Å². The molecule has 0 spiro atoms. The number of hydrogen-bond acceptors (Lipinski definition) is 3. The Balaban J connectivity index is 2.32. The number of carbonyl (C=O) groups is 2. The van der Waals surface area contributed by atoms with E-state index in [9.17, 15) is 9.59 Å². The molecule has 0 aliphatic carbocycles. The third-order valence-electron chi connectivity index (χ3n) is 2.56. The number of hydrogen-bond donors (Lipinski definition) is 3. The van der Waals surface area contributed by atoms with Gasteiger partial charge < -0.3 is 15.7 Å². The van der Waals surface area contributed by atoms with Crippen LogP contribution >= 0.6 is 0 Å². The van der Waals surface area contributed by atoms with Crippen LogP contribution in [-0.4, -0.2) is 29.6 Å². The highest BCUT2D eigenvalue weighted by Gasteiger charge is 2.13. The van der Waals surface area contributed by atoms with E-state index in [0.717, 1.165) is 11.3 Å². The number of nitrogens with one attached hydrogen (secondary N) is 2. The van der Waals surface area contributed by atoms with Crippen LogP contribution in [0.4, 0.5) is 5.69 Å². The summed E-state index contributed by atoms with van der Waals surface area (Å²) >= 11 is 0. The average molecular weight is 250 g/mol. The molecular formula is C13H18N2O3. The smallest absolute Gasteiger partial charge is 0.325 e. The van der Waals surface area contributed by atoms with Gasteiger partial charge in [-0.1, -0.05) is 18.2 Å². The van der Waals surface area contributed by atoms with Gasteiger partial charge in [0.25, 0.3) is 0 Å². The van der Waals surface area contributed by atoms with Crippen molar-refractivity contribution in [2.45, 2.75) is 26.3 Å². The van der Waals surface area contributed by atoms with Gasteiger partial charge in [0.15, 0.2) is 0 Å². The minimum Gasteiger partial charge on any atom is -0.480 e. The zero-order chi connectivity index (χ0) is 13.5. The SMILES string of the molecule is Cc1ccccc1NCCC(=O)NC(C)C(=O)O. The van der Waals surface area contributed by atoms with Crippen LogP contribution in [0, 0.1) is 6.92 Å². The Kier molecular flexibility index (Phi) is 5.17. The van der Waals surface area contributed by atoms with E-state index in [1.165, 1.54) is 6.92 Å². The number of carbonyl (C=O) groups excluding carboxylic acids is 1. The van der Waals surface area contributed by atoms with Crippen LogP contribution in [-0.2, 0) is 9.59 Å². The van der Waals surface area contributed by atoms with Gasteiger partial charge in [0, 0.05) is 18.7 Å². The summed E-state index contributed by atoms with van der Waals surface area (Å²) in [5.41, 5.74) is 2.09. The fourth-order valence-corrected chi connectivity index (χ4v) is 1.46. The molecule has 0 heterocycles. The third kappa shape index (κ3) is 4.45. The van der Waals surface area contributed by atoms with Gasteiger partial charge in [-0.25, -0.2) is 0 Å². The van der Waals surface area contributed by atoms with Crippen LogP contribution in [0.5, 0.6) is 0 Å². The first-order chi connectivity index (χ1) is 8.50. The van der Waals surface area contributed by atoms with Crippen molar-refractivity contribution in [2.75, 3.05) is 11.9 Å². The van der Waals surface area contributed by atoms with Crippen LogP contribution in [0.3, 0.4) is 0 Å². The van der Waals surface area contributed by atoms with Gasteiger partial charge in [0.2, 0.25) is 5.91 Å². The van der Waals surface area contributed by atoms with E-state index >= 15 is 0 Å². The number of aliphatic carboxylic acids is 1. The Morgan fingerprint density at radius 3 is 2.61 bits per heavy atom. The lowest BCUT2D eigenvalue weighted by Crippen LogP contribution is -2.38. The second-order valence-corrected chi connectivity index (χ2v) is 4.12. The van der Waals surface area contributed by atoms with E-state index in [0.29, 0.717) is 6.54 Å². The number of amides is 1. The lowest BCUT2D eigenvalue weighted by Gasteiger charge is -2.11. The van der Waals surface area contributed by atoms with Gasteiger partial charge in [0.1, 0.15) is 6.04 Å². The normalized spacial score (nSPS) is 11.7. The molecule has 1 aromatic carbocycles. The van der Waals surface area contributed by atoms with Crippen molar-refractivity contribution < 1.29 is 14.7 Å². The van der Waals surface area contributed by atoms with Gasteiger partial charge in [-0.2, -0.15) is 0 Å². The van der Waals surface area contributed by atoms with Crippen molar-refractivity contribution in [2.24, 2.45) is 0 Å². The lowest BCUT2D eigenvalue weighted by atomic mass is 10.2. The number of rotatable bonds is 6. The van der Waals surface area contributed by atoms with Crippen LogP contribution in [0.1, 0.15) is 18.9 Å².